The molecule has 2 aliphatic rings. The van der Waals surface area contributed by atoms with E-state index in [1.54, 1.807) is 0 Å². The summed E-state index contributed by atoms with van der Waals surface area (Å²) in [6.07, 6.45) is 6.76. The first-order chi connectivity index (χ1) is 5.62. The van der Waals surface area contributed by atoms with Crippen LogP contribution in [0.25, 0.3) is 0 Å². The van der Waals surface area contributed by atoms with Crippen molar-refractivity contribution in [3.63, 3.8) is 0 Å². The maximum Gasteiger partial charge on any atom is 0.0495 e. The highest BCUT2D eigenvalue weighted by Crippen LogP contribution is 2.69. The fourth-order valence-electron chi connectivity index (χ4n) is 3.32. The third kappa shape index (κ3) is 0.953. The molecule has 0 aromatic heterocycles. The van der Waals surface area contributed by atoms with Crippen molar-refractivity contribution < 1.29 is 5.11 Å². The fraction of sp³-hybridized carbons (Fsp3) is 1.00. The molecular formula is C11H20O. The molecule has 12 heavy (non-hydrogen) atoms. The second kappa shape index (κ2) is 2.47. The number of hydrogen-bond donors (Lipinski definition) is 1. The second-order valence-electron chi connectivity index (χ2n) is 5.36. The van der Waals surface area contributed by atoms with Crippen LogP contribution < -0.4 is 0 Å². The van der Waals surface area contributed by atoms with Crippen LogP contribution in [0, 0.1) is 16.7 Å². The molecule has 2 aliphatic carbocycles. The quantitative estimate of drug-likeness (QED) is 0.672. The van der Waals surface area contributed by atoms with Crippen LogP contribution in [0.2, 0.25) is 0 Å². The maximum absolute atomic E-state index is 9.45. The molecule has 0 aliphatic heterocycles. The Bertz CT molecular complexity index is 179. The average molecular weight is 168 g/mol. The molecule has 0 radical (unpaired) electrons. The highest BCUT2D eigenvalue weighted by molar-refractivity contribution is 5.12. The molecule has 0 heterocycles. The van der Waals surface area contributed by atoms with Crippen LogP contribution >= 0.6 is 0 Å². The molecule has 70 valence electrons. The molecule has 0 aromatic rings. The van der Waals surface area contributed by atoms with E-state index < -0.39 is 0 Å². The van der Waals surface area contributed by atoms with Crippen LogP contribution in [-0.2, 0) is 0 Å². The highest BCUT2D eigenvalue weighted by Gasteiger charge is 2.64. The number of rotatable bonds is 2. The van der Waals surface area contributed by atoms with Gasteiger partial charge in [-0.1, -0.05) is 26.7 Å². The summed E-state index contributed by atoms with van der Waals surface area (Å²) in [7, 11) is 0. The van der Waals surface area contributed by atoms with Gasteiger partial charge in [-0.3, -0.25) is 0 Å². The van der Waals surface area contributed by atoms with Crippen molar-refractivity contribution in [2.24, 2.45) is 16.7 Å². The first-order valence-electron chi connectivity index (χ1n) is 5.23. The Balaban J connectivity index is 2.09. The van der Waals surface area contributed by atoms with Gasteiger partial charge in [-0.05, 0) is 30.6 Å². The topological polar surface area (TPSA) is 20.2 Å². The Morgan fingerprint density at radius 1 is 1.25 bits per heavy atom. The van der Waals surface area contributed by atoms with Gasteiger partial charge in [0.15, 0.2) is 0 Å². The summed E-state index contributed by atoms with van der Waals surface area (Å²) in [6.45, 7) is 5.04. The summed E-state index contributed by atoms with van der Waals surface area (Å²) in [6, 6.07) is 0. The van der Waals surface area contributed by atoms with Gasteiger partial charge in [0, 0.05) is 12.0 Å². The maximum atomic E-state index is 9.45. The van der Waals surface area contributed by atoms with E-state index in [4.69, 9.17) is 0 Å². The highest BCUT2D eigenvalue weighted by atomic mass is 16.3. The first-order valence-corrected chi connectivity index (χ1v) is 5.23. The van der Waals surface area contributed by atoms with Crippen molar-refractivity contribution in [3.8, 4) is 0 Å². The van der Waals surface area contributed by atoms with Gasteiger partial charge in [0.25, 0.3) is 0 Å². The summed E-state index contributed by atoms with van der Waals surface area (Å²) < 4.78 is 0. The predicted octanol–water partition coefficient (Wildman–Crippen LogP) is 2.59. The lowest BCUT2D eigenvalue weighted by Crippen LogP contribution is -2.22. The van der Waals surface area contributed by atoms with Gasteiger partial charge in [0.2, 0.25) is 0 Å². The van der Waals surface area contributed by atoms with Crippen molar-refractivity contribution in [3.05, 3.63) is 0 Å². The molecule has 1 unspecified atom stereocenters. The minimum Gasteiger partial charge on any atom is -0.396 e. The predicted molar refractivity (Wildman–Crippen MR) is 49.9 cm³/mol. The van der Waals surface area contributed by atoms with Crippen LogP contribution in [0.4, 0.5) is 0 Å². The van der Waals surface area contributed by atoms with Crippen LogP contribution in [0.5, 0.6) is 0 Å². The van der Waals surface area contributed by atoms with Gasteiger partial charge in [-0.2, -0.15) is 0 Å². The molecule has 1 atom stereocenters. The summed E-state index contributed by atoms with van der Waals surface area (Å²) >= 11 is 0. The zero-order valence-electron chi connectivity index (χ0n) is 8.27. The number of aliphatic hydroxyl groups is 1. The SMILES string of the molecule is CC1(C)CC1(CO)C1CCCC1. The van der Waals surface area contributed by atoms with Gasteiger partial charge < -0.3 is 5.11 Å². The van der Waals surface area contributed by atoms with E-state index in [0.717, 1.165) is 5.92 Å². The summed E-state index contributed by atoms with van der Waals surface area (Å²) in [4.78, 5) is 0. The van der Waals surface area contributed by atoms with Gasteiger partial charge in [-0.25, -0.2) is 0 Å². The molecule has 0 saturated heterocycles. The zero-order valence-corrected chi connectivity index (χ0v) is 8.27. The Kier molecular flexibility index (Phi) is 1.76. The minimum absolute atomic E-state index is 0.323. The summed E-state index contributed by atoms with van der Waals surface area (Å²) in [5.74, 6) is 0.831. The van der Waals surface area contributed by atoms with E-state index in [-0.39, 0.29) is 0 Å². The lowest BCUT2D eigenvalue weighted by molar-refractivity contribution is 0.123. The molecular weight excluding hydrogens is 148 g/mol. The number of aliphatic hydroxyl groups excluding tert-OH is 1. The second-order valence-corrected chi connectivity index (χ2v) is 5.36. The van der Waals surface area contributed by atoms with Crippen LogP contribution in [0.15, 0.2) is 0 Å². The van der Waals surface area contributed by atoms with Crippen LogP contribution in [0.1, 0.15) is 46.0 Å². The Labute approximate surface area is 75.2 Å². The third-order valence-electron chi connectivity index (χ3n) is 4.40. The molecule has 0 amide bonds. The van der Waals surface area contributed by atoms with Gasteiger partial charge >= 0.3 is 0 Å². The summed E-state index contributed by atoms with van der Waals surface area (Å²) in [5, 5.41) is 9.45. The number of hydrogen-bond acceptors (Lipinski definition) is 1. The fourth-order valence-corrected chi connectivity index (χ4v) is 3.32. The normalized spacial score (nSPS) is 40.2. The van der Waals surface area contributed by atoms with E-state index >= 15 is 0 Å². The van der Waals surface area contributed by atoms with E-state index in [9.17, 15) is 5.11 Å². The molecule has 0 aromatic carbocycles. The smallest absolute Gasteiger partial charge is 0.0495 e. The van der Waals surface area contributed by atoms with Crippen molar-refractivity contribution in [2.75, 3.05) is 6.61 Å². The van der Waals surface area contributed by atoms with Crippen LogP contribution in [0.3, 0.4) is 0 Å². The monoisotopic (exact) mass is 168 g/mol. The van der Waals surface area contributed by atoms with Crippen molar-refractivity contribution in [1.82, 2.24) is 0 Å². The van der Waals surface area contributed by atoms with Gasteiger partial charge in [0.1, 0.15) is 0 Å². The molecule has 1 nitrogen and oxygen atoms in total. The molecule has 0 bridgehead atoms. The Morgan fingerprint density at radius 2 is 1.75 bits per heavy atom. The van der Waals surface area contributed by atoms with Crippen molar-refractivity contribution in [2.45, 2.75) is 46.0 Å². The standard InChI is InChI=1S/C11H20O/c1-10(2)7-11(10,8-12)9-5-3-4-6-9/h9,12H,3-8H2,1-2H3. The zero-order chi connectivity index (χ0) is 8.82. The lowest BCUT2D eigenvalue weighted by Gasteiger charge is -2.24. The Hall–Kier alpha value is -0.0400. The third-order valence-corrected chi connectivity index (χ3v) is 4.40. The van der Waals surface area contributed by atoms with Crippen molar-refractivity contribution >= 4 is 0 Å². The lowest BCUT2D eigenvalue weighted by atomic mass is 9.82. The van der Waals surface area contributed by atoms with Crippen LogP contribution in [-0.4, -0.2) is 11.7 Å². The van der Waals surface area contributed by atoms with E-state index in [1.807, 2.05) is 0 Å². The molecule has 0 spiro atoms. The van der Waals surface area contributed by atoms with E-state index in [1.165, 1.54) is 32.1 Å². The minimum atomic E-state index is 0.323. The molecule has 1 N–H and O–H groups in total. The van der Waals surface area contributed by atoms with Gasteiger partial charge in [0.05, 0.1) is 0 Å². The van der Waals surface area contributed by atoms with E-state index in [0.29, 0.717) is 17.4 Å². The molecule has 2 fully saturated rings. The largest absolute Gasteiger partial charge is 0.396 e. The summed E-state index contributed by atoms with van der Waals surface area (Å²) in [5.41, 5.74) is 0.750. The Morgan fingerprint density at radius 3 is 2.08 bits per heavy atom. The van der Waals surface area contributed by atoms with E-state index in [2.05, 4.69) is 13.8 Å². The molecule has 1 heteroatoms. The molecule has 2 rings (SSSR count). The van der Waals surface area contributed by atoms with Crippen molar-refractivity contribution in [1.29, 1.82) is 0 Å². The molecule has 2 saturated carbocycles. The average Bonchev–Trinajstić information content (AvgIpc) is 2.52. The van der Waals surface area contributed by atoms with Gasteiger partial charge in [-0.15, -0.1) is 0 Å². The first kappa shape index (κ1) is 8.55.